The molecule has 0 N–H and O–H groups in total. The minimum atomic E-state index is -0.159. The highest BCUT2D eigenvalue weighted by Gasteiger charge is 2.26. The Morgan fingerprint density at radius 2 is 1.38 bits per heavy atom. The molecule has 0 unspecified atom stereocenters. The molecule has 3 aromatic rings. The van der Waals surface area contributed by atoms with Gasteiger partial charge in [0.25, 0.3) is 5.56 Å². The lowest BCUT2D eigenvalue weighted by Gasteiger charge is -2.31. The first kappa shape index (κ1) is 22.9. The largest absolute Gasteiger partial charge is 0.379 e. The molecule has 0 aliphatic carbocycles. The van der Waals surface area contributed by atoms with Gasteiger partial charge in [0.2, 0.25) is 0 Å². The first-order chi connectivity index (χ1) is 16.8. The van der Waals surface area contributed by atoms with Gasteiger partial charge in [-0.25, -0.2) is 9.67 Å². The topological polar surface area (TPSA) is 72.7 Å². The molecular weight excluding hydrogens is 430 g/mol. The molecule has 2 fully saturated rings. The van der Waals surface area contributed by atoms with Crippen LogP contribution < -0.4 is 5.56 Å². The molecule has 0 amide bonds. The number of aromatic nitrogens is 3. The summed E-state index contributed by atoms with van der Waals surface area (Å²) >= 11 is 0. The summed E-state index contributed by atoms with van der Waals surface area (Å²) in [5.41, 5.74) is 2.40. The van der Waals surface area contributed by atoms with Crippen LogP contribution in [0.3, 0.4) is 0 Å². The molecule has 34 heavy (non-hydrogen) atoms. The summed E-state index contributed by atoms with van der Waals surface area (Å²) in [5, 5.41) is 4.70. The number of ether oxygens (including phenoxy) is 2. The van der Waals surface area contributed by atoms with E-state index in [0.29, 0.717) is 51.2 Å². The van der Waals surface area contributed by atoms with Gasteiger partial charge < -0.3 is 9.47 Å². The molecule has 1 atom stereocenters. The minimum absolute atomic E-state index is 0.131. The maximum Gasteiger partial charge on any atom is 0.290 e. The van der Waals surface area contributed by atoms with E-state index in [1.165, 1.54) is 0 Å². The quantitative estimate of drug-likeness (QED) is 0.533. The van der Waals surface area contributed by atoms with Crippen molar-refractivity contribution >= 4 is 0 Å². The molecule has 3 heterocycles. The third kappa shape index (κ3) is 5.42. The fourth-order valence-corrected chi connectivity index (χ4v) is 4.52. The Hall–Kier alpha value is -2.91. The standard InChI is InChI=1S/C26H31N5O3/c32-26-24(23(21-7-3-1-4-8-21)19-29-11-15-33-16-12-29)27-25(22-9-5-2-6-10-22)28-31(26)20-30-13-17-34-18-14-30/h1-10,23H,11-20H2/t23-/m0/s1. The fraction of sp³-hybridized carbons (Fsp3) is 0.423. The molecular formula is C26H31N5O3. The van der Waals surface area contributed by atoms with Crippen LogP contribution in [0.25, 0.3) is 11.4 Å². The molecule has 0 saturated carbocycles. The summed E-state index contributed by atoms with van der Waals surface area (Å²) in [6.45, 7) is 7.16. The lowest BCUT2D eigenvalue weighted by atomic mass is 9.94. The average Bonchev–Trinajstić information content (AvgIpc) is 2.91. The second kappa shape index (κ2) is 11.0. The highest BCUT2D eigenvalue weighted by Crippen LogP contribution is 2.24. The van der Waals surface area contributed by atoms with E-state index in [2.05, 4.69) is 21.9 Å². The molecule has 0 bridgehead atoms. The molecule has 2 aromatic carbocycles. The van der Waals surface area contributed by atoms with Crippen LogP contribution in [0, 0.1) is 0 Å². The van der Waals surface area contributed by atoms with Gasteiger partial charge in [0.15, 0.2) is 5.82 Å². The number of hydrogen-bond acceptors (Lipinski definition) is 7. The molecule has 1 aromatic heterocycles. The van der Waals surface area contributed by atoms with Crippen molar-refractivity contribution in [2.75, 3.05) is 59.2 Å². The number of benzene rings is 2. The zero-order valence-electron chi connectivity index (χ0n) is 19.4. The van der Waals surface area contributed by atoms with Crippen molar-refractivity contribution in [3.63, 3.8) is 0 Å². The van der Waals surface area contributed by atoms with Crippen molar-refractivity contribution in [1.82, 2.24) is 24.6 Å². The van der Waals surface area contributed by atoms with Crippen molar-refractivity contribution in [2.24, 2.45) is 0 Å². The summed E-state index contributed by atoms with van der Waals surface area (Å²) in [6, 6.07) is 20.1. The van der Waals surface area contributed by atoms with Crippen molar-refractivity contribution < 1.29 is 9.47 Å². The average molecular weight is 462 g/mol. The Balaban J connectivity index is 1.58. The van der Waals surface area contributed by atoms with Gasteiger partial charge in [-0.15, -0.1) is 5.10 Å². The van der Waals surface area contributed by atoms with Gasteiger partial charge in [0, 0.05) is 44.2 Å². The summed E-state index contributed by atoms with van der Waals surface area (Å²) in [7, 11) is 0. The number of morpholine rings is 2. The highest BCUT2D eigenvalue weighted by atomic mass is 16.5. The summed E-state index contributed by atoms with van der Waals surface area (Å²) in [6.07, 6.45) is 0. The third-order valence-electron chi connectivity index (χ3n) is 6.44. The summed E-state index contributed by atoms with van der Waals surface area (Å²) in [5.74, 6) is 0.416. The molecule has 0 spiro atoms. The van der Waals surface area contributed by atoms with E-state index in [1.54, 1.807) is 4.68 Å². The first-order valence-electron chi connectivity index (χ1n) is 12.0. The Bertz CT molecular complexity index is 1110. The Morgan fingerprint density at radius 1 is 0.794 bits per heavy atom. The van der Waals surface area contributed by atoms with Gasteiger partial charge in [0.05, 0.1) is 33.1 Å². The van der Waals surface area contributed by atoms with Crippen molar-refractivity contribution in [3.8, 4) is 11.4 Å². The van der Waals surface area contributed by atoms with E-state index < -0.39 is 0 Å². The lowest BCUT2D eigenvalue weighted by molar-refractivity contribution is 0.0202. The monoisotopic (exact) mass is 461 g/mol. The van der Waals surface area contributed by atoms with Crippen LogP contribution in [0.4, 0.5) is 0 Å². The molecule has 2 saturated heterocycles. The van der Waals surface area contributed by atoms with E-state index in [1.807, 2.05) is 48.5 Å². The van der Waals surface area contributed by atoms with Crippen LogP contribution in [0.15, 0.2) is 65.5 Å². The maximum absolute atomic E-state index is 13.8. The zero-order chi connectivity index (χ0) is 23.2. The van der Waals surface area contributed by atoms with Gasteiger partial charge in [-0.3, -0.25) is 14.6 Å². The summed E-state index contributed by atoms with van der Waals surface area (Å²) < 4.78 is 12.6. The van der Waals surface area contributed by atoms with E-state index in [-0.39, 0.29) is 11.5 Å². The van der Waals surface area contributed by atoms with Gasteiger partial charge in [0.1, 0.15) is 5.69 Å². The zero-order valence-corrected chi connectivity index (χ0v) is 19.4. The van der Waals surface area contributed by atoms with Crippen molar-refractivity contribution in [2.45, 2.75) is 12.6 Å². The van der Waals surface area contributed by atoms with Crippen LogP contribution in [0.5, 0.6) is 0 Å². The second-order valence-electron chi connectivity index (χ2n) is 8.74. The number of nitrogens with zero attached hydrogens (tertiary/aromatic N) is 5. The SMILES string of the molecule is O=c1c([C@@H](CN2CCOCC2)c2ccccc2)nc(-c2ccccc2)nn1CN1CCOCC1. The molecule has 8 nitrogen and oxygen atoms in total. The molecule has 2 aliphatic rings. The van der Waals surface area contributed by atoms with E-state index in [9.17, 15) is 4.79 Å². The van der Waals surface area contributed by atoms with Crippen LogP contribution >= 0.6 is 0 Å². The van der Waals surface area contributed by atoms with Gasteiger partial charge in [-0.05, 0) is 5.56 Å². The predicted molar refractivity (Wildman–Crippen MR) is 130 cm³/mol. The molecule has 8 heteroatoms. The Labute approximate surface area is 199 Å². The van der Waals surface area contributed by atoms with E-state index in [4.69, 9.17) is 19.6 Å². The highest BCUT2D eigenvalue weighted by molar-refractivity contribution is 5.54. The summed E-state index contributed by atoms with van der Waals surface area (Å²) in [4.78, 5) is 23.3. The predicted octanol–water partition coefficient (Wildman–Crippen LogP) is 2.06. The lowest BCUT2D eigenvalue weighted by Crippen LogP contribution is -2.43. The molecule has 5 rings (SSSR count). The minimum Gasteiger partial charge on any atom is -0.379 e. The Kier molecular flexibility index (Phi) is 7.40. The maximum atomic E-state index is 13.8. The van der Waals surface area contributed by atoms with Gasteiger partial charge in [-0.2, -0.15) is 0 Å². The van der Waals surface area contributed by atoms with Crippen LogP contribution in [-0.4, -0.2) is 83.7 Å². The molecule has 2 aliphatic heterocycles. The van der Waals surface area contributed by atoms with Crippen LogP contribution in [0.2, 0.25) is 0 Å². The second-order valence-corrected chi connectivity index (χ2v) is 8.74. The number of hydrogen-bond donors (Lipinski definition) is 0. The van der Waals surface area contributed by atoms with Crippen LogP contribution in [-0.2, 0) is 16.1 Å². The Morgan fingerprint density at radius 3 is 2.03 bits per heavy atom. The molecule has 0 radical (unpaired) electrons. The fourth-order valence-electron chi connectivity index (χ4n) is 4.52. The van der Waals surface area contributed by atoms with Crippen molar-refractivity contribution in [3.05, 3.63) is 82.3 Å². The van der Waals surface area contributed by atoms with E-state index >= 15 is 0 Å². The van der Waals surface area contributed by atoms with Gasteiger partial charge >= 0.3 is 0 Å². The number of rotatable bonds is 7. The third-order valence-corrected chi connectivity index (χ3v) is 6.44. The van der Waals surface area contributed by atoms with Crippen molar-refractivity contribution in [1.29, 1.82) is 0 Å². The van der Waals surface area contributed by atoms with Gasteiger partial charge in [-0.1, -0.05) is 60.7 Å². The van der Waals surface area contributed by atoms with Crippen LogP contribution in [0.1, 0.15) is 17.2 Å². The normalized spacial score (nSPS) is 18.6. The first-order valence-corrected chi connectivity index (χ1v) is 12.0. The van der Waals surface area contributed by atoms with E-state index in [0.717, 1.165) is 37.3 Å². The molecule has 178 valence electrons. The smallest absolute Gasteiger partial charge is 0.290 e.